The molecule has 0 amide bonds. The van der Waals surface area contributed by atoms with Crippen LogP contribution in [0.15, 0.2) is 24.3 Å². The van der Waals surface area contributed by atoms with Crippen molar-refractivity contribution < 1.29 is 29.9 Å². The van der Waals surface area contributed by atoms with E-state index in [4.69, 9.17) is 9.47 Å². The Kier molecular flexibility index (Phi) is 5.02. The molecule has 118 valence electrons. The molecule has 1 aliphatic heterocycles. The van der Waals surface area contributed by atoms with Gasteiger partial charge in [-0.25, -0.2) is 0 Å². The lowest BCUT2D eigenvalue weighted by molar-refractivity contribution is -0.235. The summed E-state index contributed by atoms with van der Waals surface area (Å²) in [5.41, 5.74) is -0.985. The summed E-state index contributed by atoms with van der Waals surface area (Å²) < 4.78 is 10.7. The topological polar surface area (TPSA) is 111 Å². The summed E-state index contributed by atoms with van der Waals surface area (Å²) in [6.45, 7) is 1.68. The van der Waals surface area contributed by atoms with Crippen LogP contribution in [0.2, 0.25) is 0 Å². The standard InChI is InChI=1S/C14H21NO6/c1-2-20-10-5-3-9(4-6-10)15-14(8-16)13(19)12(18)11(17)7-21-14/h3-6,11-13,15-19H,2,7-8H2,1H3/t11-,12-,13+,14+/m0/s1. The zero-order valence-electron chi connectivity index (χ0n) is 11.8. The van der Waals surface area contributed by atoms with E-state index in [-0.39, 0.29) is 6.61 Å². The minimum atomic E-state index is -1.56. The first-order valence-electron chi connectivity index (χ1n) is 6.82. The predicted molar refractivity (Wildman–Crippen MR) is 75.0 cm³/mol. The molecule has 2 rings (SSSR count). The first kappa shape index (κ1) is 16.0. The first-order valence-corrected chi connectivity index (χ1v) is 6.82. The molecular weight excluding hydrogens is 278 g/mol. The van der Waals surface area contributed by atoms with Gasteiger partial charge in [0.25, 0.3) is 0 Å². The third-order valence-electron chi connectivity index (χ3n) is 3.46. The Balaban J connectivity index is 2.14. The summed E-state index contributed by atoms with van der Waals surface area (Å²) >= 11 is 0. The van der Waals surface area contributed by atoms with Crippen molar-refractivity contribution in [1.29, 1.82) is 0 Å². The van der Waals surface area contributed by atoms with E-state index in [1.54, 1.807) is 24.3 Å². The molecule has 0 aromatic heterocycles. The molecule has 1 aliphatic rings. The Morgan fingerprint density at radius 2 is 1.95 bits per heavy atom. The summed E-state index contributed by atoms with van der Waals surface area (Å²) in [6.07, 6.45) is -4.07. The molecular formula is C14H21NO6. The SMILES string of the molecule is CCOc1ccc(N[C@]2(CO)OC[C@H](O)[C@H](O)[C@H]2O)cc1. The Morgan fingerprint density at radius 3 is 2.52 bits per heavy atom. The highest BCUT2D eigenvalue weighted by Gasteiger charge is 2.49. The summed E-state index contributed by atoms with van der Waals surface area (Å²) in [6, 6.07) is 6.88. The van der Waals surface area contributed by atoms with Gasteiger partial charge in [-0.15, -0.1) is 0 Å². The van der Waals surface area contributed by atoms with Crippen molar-refractivity contribution in [2.24, 2.45) is 0 Å². The average Bonchev–Trinajstić information content (AvgIpc) is 2.50. The fourth-order valence-electron chi connectivity index (χ4n) is 2.24. The molecule has 0 bridgehead atoms. The molecule has 1 aromatic rings. The second-order valence-corrected chi connectivity index (χ2v) is 4.94. The highest BCUT2D eigenvalue weighted by molar-refractivity contribution is 5.48. The Hall–Kier alpha value is -1.38. The number of aliphatic hydroxyl groups is 4. The quantitative estimate of drug-likeness (QED) is 0.489. The number of benzene rings is 1. The van der Waals surface area contributed by atoms with E-state index >= 15 is 0 Å². The van der Waals surface area contributed by atoms with Gasteiger partial charge in [-0.1, -0.05) is 0 Å². The molecule has 1 saturated heterocycles. The fraction of sp³-hybridized carbons (Fsp3) is 0.571. The van der Waals surface area contributed by atoms with E-state index in [0.717, 1.165) is 0 Å². The maximum absolute atomic E-state index is 10.1. The van der Waals surface area contributed by atoms with Gasteiger partial charge in [0.1, 0.15) is 24.1 Å². The molecule has 7 heteroatoms. The third kappa shape index (κ3) is 3.28. The molecule has 0 saturated carbocycles. The van der Waals surface area contributed by atoms with E-state index < -0.39 is 30.6 Å². The van der Waals surface area contributed by atoms with Gasteiger partial charge >= 0.3 is 0 Å². The van der Waals surface area contributed by atoms with Crippen molar-refractivity contribution in [3.05, 3.63) is 24.3 Å². The van der Waals surface area contributed by atoms with Gasteiger partial charge in [0.2, 0.25) is 0 Å². The number of rotatable bonds is 5. The van der Waals surface area contributed by atoms with Crippen LogP contribution < -0.4 is 10.1 Å². The molecule has 5 N–H and O–H groups in total. The number of nitrogens with one attached hydrogen (secondary N) is 1. The number of ether oxygens (including phenoxy) is 2. The highest BCUT2D eigenvalue weighted by atomic mass is 16.6. The normalized spacial score (nSPS) is 32.7. The number of hydrogen-bond donors (Lipinski definition) is 5. The second-order valence-electron chi connectivity index (χ2n) is 4.94. The lowest BCUT2D eigenvalue weighted by Gasteiger charge is -2.45. The second kappa shape index (κ2) is 6.59. The summed E-state index contributed by atoms with van der Waals surface area (Å²) in [5, 5.41) is 41.7. The molecule has 0 spiro atoms. The van der Waals surface area contributed by atoms with Crippen LogP contribution in [0, 0.1) is 0 Å². The summed E-state index contributed by atoms with van der Waals surface area (Å²) in [4.78, 5) is 0. The molecule has 0 aliphatic carbocycles. The van der Waals surface area contributed by atoms with Crippen LogP contribution in [0.25, 0.3) is 0 Å². The minimum absolute atomic E-state index is 0.192. The van der Waals surface area contributed by atoms with E-state index in [1.807, 2.05) is 6.92 Å². The largest absolute Gasteiger partial charge is 0.494 e. The highest BCUT2D eigenvalue weighted by Crippen LogP contribution is 2.28. The van der Waals surface area contributed by atoms with Gasteiger partial charge < -0.3 is 35.2 Å². The predicted octanol–water partition coefficient (Wildman–Crippen LogP) is -0.701. The zero-order valence-corrected chi connectivity index (χ0v) is 11.8. The van der Waals surface area contributed by atoms with Crippen molar-refractivity contribution >= 4 is 5.69 Å². The Morgan fingerprint density at radius 1 is 1.29 bits per heavy atom. The van der Waals surface area contributed by atoms with Gasteiger partial charge in [-0.3, -0.25) is 0 Å². The first-order chi connectivity index (χ1) is 10.0. The fourth-order valence-corrected chi connectivity index (χ4v) is 2.24. The summed E-state index contributed by atoms with van der Waals surface area (Å²) in [7, 11) is 0. The van der Waals surface area contributed by atoms with Crippen LogP contribution in [0.1, 0.15) is 6.92 Å². The maximum Gasteiger partial charge on any atom is 0.190 e. The molecule has 1 fully saturated rings. The molecule has 0 radical (unpaired) electrons. The van der Waals surface area contributed by atoms with Crippen LogP contribution in [-0.2, 0) is 4.74 Å². The Bertz CT molecular complexity index is 453. The molecule has 21 heavy (non-hydrogen) atoms. The van der Waals surface area contributed by atoms with Gasteiger partial charge in [-0.05, 0) is 31.2 Å². The van der Waals surface area contributed by atoms with Crippen molar-refractivity contribution in [2.75, 3.05) is 25.1 Å². The van der Waals surface area contributed by atoms with Crippen molar-refractivity contribution in [2.45, 2.75) is 31.0 Å². The summed E-state index contributed by atoms with van der Waals surface area (Å²) in [5.74, 6) is 0.696. The lowest BCUT2D eigenvalue weighted by Crippen LogP contribution is -2.66. The number of anilines is 1. The van der Waals surface area contributed by atoms with Crippen molar-refractivity contribution in [3.8, 4) is 5.75 Å². The van der Waals surface area contributed by atoms with Crippen LogP contribution >= 0.6 is 0 Å². The van der Waals surface area contributed by atoms with Crippen LogP contribution in [0.5, 0.6) is 5.75 Å². The van der Waals surface area contributed by atoms with Crippen molar-refractivity contribution in [1.82, 2.24) is 0 Å². The zero-order chi connectivity index (χ0) is 15.5. The number of aliphatic hydroxyl groups excluding tert-OH is 4. The molecule has 0 unspecified atom stereocenters. The minimum Gasteiger partial charge on any atom is -0.494 e. The van der Waals surface area contributed by atoms with E-state index in [1.165, 1.54) is 0 Å². The van der Waals surface area contributed by atoms with Crippen LogP contribution in [-0.4, -0.2) is 64.3 Å². The third-order valence-corrected chi connectivity index (χ3v) is 3.46. The van der Waals surface area contributed by atoms with Gasteiger partial charge in [0.05, 0.1) is 19.8 Å². The maximum atomic E-state index is 10.1. The monoisotopic (exact) mass is 299 g/mol. The van der Waals surface area contributed by atoms with Gasteiger partial charge in [0, 0.05) is 5.69 Å². The lowest BCUT2D eigenvalue weighted by atomic mass is 9.94. The molecule has 1 aromatic carbocycles. The van der Waals surface area contributed by atoms with Crippen molar-refractivity contribution in [3.63, 3.8) is 0 Å². The Labute approximate surface area is 122 Å². The van der Waals surface area contributed by atoms with E-state index in [2.05, 4.69) is 5.32 Å². The van der Waals surface area contributed by atoms with Gasteiger partial charge in [-0.2, -0.15) is 0 Å². The van der Waals surface area contributed by atoms with E-state index in [0.29, 0.717) is 18.0 Å². The number of hydrogen-bond acceptors (Lipinski definition) is 7. The van der Waals surface area contributed by atoms with Crippen LogP contribution in [0.3, 0.4) is 0 Å². The van der Waals surface area contributed by atoms with Crippen LogP contribution in [0.4, 0.5) is 5.69 Å². The molecule has 7 nitrogen and oxygen atoms in total. The smallest absolute Gasteiger partial charge is 0.190 e. The molecule has 4 atom stereocenters. The van der Waals surface area contributed by atoms with Gasteiger partial charge in [0.15, 0.2) is 5.72 Å². The molecule has 1 heterocycles. The average molecular weight is 299 g/mol. The van der Waals surface area contributed by atoms with E-state index in [9.17, 15) is 20.4 Å².